The molecule has 126 valence electrons. The third-order valence-electron chi connectivity index (χ3n) is 3.96. The Balaban J connectivity index is 0.00000192. The van der Waals surface area contributed by atoms with Crippen LogP contribution in [0.3, 0.4) is 0 Å². The number of nitrogens with one attached hydrogen (secondary N) is 1. The molecule has 2 atom stereocenters. The summed E-state index contributed by atoms with van der Waals surface area (Å²) in [5.41, 5.74) is 1.50. The zero-order chi connectivity index (χ0) is 15.7. The van der Waals surface area contributed by atoms with Crippen molar-refractivity contribution in [3.05, 3.63) is 40.9 Å². The van der Waals surface area contributed by atoms with E-state index < -0.39 is 0 Å². The Hall–Kier alpha value is -1.21. The minimum absolute atomic E-state index is 0. The number of hydrogen-bond acceptors (Lipinski definition) is 4. The van der Waals surface area contributed by atoms with E-state index in [0.29, 0.717) is 22.8 Å². The zero-order valence-electron chi connectivity index (χ0n) is 13.0. The summed E-state index contributed by atoms with van der Waals surface area (Å²) < 4.78 is 14.7. The minimum atomic E-state index is -0.363. The second kappa shape index (κ2) is 7.57. The number of nitrogens with zero attached hydrogens (tertiary/aromatic N) is 4. The van der Waals surface area contributed by atoms with E-state index in [1.165, 1.54) is 12.1 Å². The Bertz CT molecular complexity index is 663. The van der Waals surface area contributed by atoms with Gasteiger partial charge in [-0.2, -0.15) is 0 Å². The Kier molecular flexibility index (Phi) is 5.97. The van der Waals surface area contributed by atoms with Gasteiger partial charge in [0.05, 0.1) is 22.6 Å². The van der Waals surface area contributed by atoms with E-state index in [-0.39, 0.29) is 18.2 Å². The number of rotatable bonds is 3. The molecular weight excluding hydrogens is 340 g/mol. The lowest BCUT2D eigenvalue weighted by Crippen LogP contribution is -2.53. The first-order valence-electron chi connectivity index (χ1n) is 7.37. The molecule has 0 amide bonds. The molecule has 0 spiro atoms. The van der Waals surface area contributed by atoms with Gasteiger partial charge in [-0.15, -0.1) is 17.5 Å². The lowest BCUT2D eigenvalue weighted by atomic mass is 10.1. The summed E-state index contributed by atoms with van der Waals surface area (Å²) in [4.78, 5) is 2.38. The van der Waals surface area contributed by atoms with Crippen molar-refractivity contribution in [1.29, 1.82) is 0 Å². The van der Waals surface area contributed by atoms with Gasteiger partial charge in [-0.3, -0.25) is 4.90 Å². The molecule has 5 nitrogen and oxygen atoms in total. The highest BCUT2D eigenvalue weighted by molar-refractivity contribution is 6.32. The molecule has 0 aliphatic carbocycles. The number of hydrogen-bond donors (Lipinski definition) is 1. The molecule has 2 aromatic rings. The van der Waals surface area contributed by atoms with Gasteiger partial charge in [-0.1, -0.05) is 16.8 Å². The number of halogens is 3. The molecule has 0 radical (unpaired) electrons. The zero-order valence-corrected chi connectivity index (χ0v) is 14.6. The van der Waals surface area contributed by atoms with E-state index in [2.05, 4.69) is 34.4 Å². The van der Waals surface area contributed by atoms with Crippen LogP contribution in [0.15, 0.2) is 24.4 Å². The van der Waals surface area contributed by atoms with Gasteiger partial charge in [0.2, 0.25) is 0 Å². The lowest BCUT2D eigenvalue weighted by Gasteiger charge is -2.36. The molecule has 1 aromatic carbocycles. The maximum absolute atomic E-state index is 13.1. The van der Waals surface area contributed by atoms with Crippen LogP contribution in [0.4, 0.5) is 4.39 Å². The Morgan fingerprint density at radius 3 is 2.91 bits per heavy atom. The van der Waals surface area contributed by atoms with Gasteiger partial charge < -0.3 is 5.32 Å². The van der Waals surface area contributed by atoms with Crippen LogP contribution in [0.1, 0.15) is 19.5 Å². The molecule has 1 aromatic heterocycles. The molecule has 1 aliphatic rings. The van der Waals surface area contributed by atoms with Crippen LogP contribution in [0.5, 0.6) is 0 Å². The molecule has 2 unspecified atom stereocenters. The summed E-state index contributed by atoms with van der Waals surface area (Å²) in [7, 11) is 0. The Labute approximate surface area is 146 Å². The van der Waals surface area contributed by atoms with Gasteiger partial charge in [0.25, 0.3) is 0 Å². The molecule has 1 N–H and O–H groups in total. The molecule has 1 fully saturated rings. The highest BCUT2D eigenvalue weighted by Crippen LogP contribution is 2.21. The van der Waals surface area contributed by atoms with Crippen molar-refractivity contribution in [3.8, 4) is 5.69 Å². The molecule has 0 bridgehead atoms. The van der Waals surface area contributed by atoms with Crippen molar-refractivity contribution in [2.24, 2.45) is 0 Å². The van der Waals surface area contributed by atoms with Crippen LogP contribution in [0.25, 0.3) is 5.69 Å². The van der Waals surface area contributed by atoms with Crippen LogP contribution in [0, 0.1) is 5.82 Å². The number of benzene rings is 1. The molecule has 0 saturated carbocycles. The molecular formula is C15H20Cl2FN5. The summed E-state index contributed by atoms with van der Waals surface area (Å²) in [6.07, 6.45) is 1.85. The van der Waals surface area contributed by atoms with Crippen molar-refractivity contribution in [1.82, 2.24) is 25.2 Å². The third kappa shape index (κ3) is 4.20. The van der Waals surface area contributed by atoms with Crippen LogP contribution in [0.2, 0.25) is 5.02 Å². The molecule has 3 rings (SSSR count). The summed E-state index contributed by atoms with van der Waals surface area (Å²) in [5.74, 6) is -0.363. The van der Waals surface area contributed by atoms with Crippen LogP contribution >= 0.6 is 24.0 Å². The van der Waals surface area contributed by atoms with Gasteiger partial charge in [0.1, 0.15) is 5.82 Å². The van der Waals surface area contributed by atoms with E-state index in [1.54, 1.807) is 10.7 Å². The van der Waals surface area contributed by atoms with E-state index in [9.17, 15) is 4.39 Å². The monoisotopic (exact) mass is 359 g/mol. The molecule has 23 heavy (non-hydrogen) atoms. The smallest absolute Gasteiger partial charge is 0.124 e. The maximum Gasteiger partial charge on any atom is 0.124 e. The largest absolute Gasteiger partial charge is 0.311 e. The van der Waals surface area contributed by atoms with Crippen molar-refractivity contribution in [2.45, 2.75) is 32.5 Å². The first-order chi connectivity index (χ1) is 10.5. The highest BCUT2D eigenvalue weighted by atomic mass is 35.5. The fraction of sp³-hybridized carbons (Fsp3) is 0.467. The predicted molar refractivity (Wildman–Crippen MR) is 90.9 cm³/mol. The normalized spacial score (nSPS) is 21.9. The van der Waals surface area contributed by atoms with Crippen LogP contribution in [-0.2, 0) is 6.54 Å². The Morgan fingerprint density at radius 2 is 2.17 bits per heavy atom. The summed E-state index contributed by atoms with van der Waals surface area (Å²) in [6.45, 7) is 7.06. The van der Waals surface area contributed by atoms with Crippen molar-refractivity contribution < 1.29 is 4.39 Å². The number of aromatic nitrogens is 3. The molecule has 1 aliphatic heterocycles. The van der Waals surface area contributed by atoms with Crippen LogP contribution < -0.4 is 5.32 Å². The van der Waals surface area contributed by atoms with Crippen LogP contribution in [-0.4, -0.2) is 45.1 Å². The lowest BCUT2D eigenvalue weighted by molar-refractivity contribution is 0.137. The highest BCUT2D eigenvalue weighted by Gasteiger charge is 2.23. The second-order valence-electron chi connectivity index (χ2n) is 5.84. The molecule has 8 heteroatoms. The van der Waals surface area contributed by atoms with Gasteiger partial charge >= 0.3 is 0 Å². The summed E-state index contributed by atoms with van der Waals surface area (Å²) in [6, 6.07) is 5.17. The fourth-order valence-corrected chi connectivity index (χ4v) is 2.94. The van der Waals surface area contributed by atoms with Gasteiger partial charge in [-0.05, 0) is 32.0 Å². The topological polar surface area (TPSA) is 46.0 Å². The summed E-state index contributed by atoms with van der Waals surface area (Å²) in [5, 5.41) is 12.1. The first-order valence-corrected chi connectivity index (χ1v) is 7.75. The average Bonchev–Trinajstić information content (AvgIpc) is 2.91. The van der Waals surface area contributed by atoms with Crippen molar-refractivity contribution >= 4 is 24.0 Å². The van der Waals surface area contributed by atoms with Gasteiger partial charge in [0.15, 0.2) is 0 Å². The van der Waals surface area contributed by atoms with Crippen molar-refractivity contribution in [3.63, 3.8) is 0 Å². The van der Waals surface area contributed by atoms with E-state index in [0.717, 1.165) is 25.3 Å². The molecule has 1 saturated heterocycles. The van der Waals surface area contributed by atoms with Gasteiger partial charge in [0, 0.05) is 31.7 Å². The minimum Gasteiger partial charge on any atom is -0.311 e. The van der Waals surface area contributed by atoms with Gasteiger partial charge in [-0.25, -0.2) is 9.07 Å². The standard InChI is InChI=1S/C15H19ClFN5.ClH/c1-10-7-21(11(2)6-18-10)8-13-9-22(20-19-13)15-4-3-12(17)5-14(15)16;/h3-5,9-11,18H,6-8H2,1-2H3;1H. The Morgan fingerprint density at radius 1 is 1.39 bits per heavy atom. The number of piperazine rings is 1. The van der Waals surface area contributed by atoms with E-state index in [4.69, 9.17) is 11.6 Å². The van der Waals surface area contributed by atoms with Crippen molar-refractivity contribution in [2.75, 3.05) is 13.1 Å². The van der Waals surface area contributed by atoms with E-state index >= 15 is 0 Å². The second-order valence-corrected chi connectivity index (χ2v) is 6.25. The van der Waals surface area contributed by atoms with E-state index in [1.807, 2.05) is 6.20 Å². The third-order valence-corrected chi connectivity index (χ3v) is 4.26. The molecule has 2 heterocycles. The first kappa shape index (κ1) is 18.1. The average molecular weight is 360 g/mol. The maximum atomic E-state index is 13.1. The predicted octanol–water partition coefficient (Wildman–Crippen LogP) is 2.66. The quantitative estimate of drug-likeness (QED) is 0.914. The summed E-state index contributed by atoms with van der Waals surface area (Å²) >= 11 is 6.06. The SMILES string of the molecule is CC1CN(Cc2cn(-c3ccc(F)cc3Cl)nn2)C(C)CN1.Cl. The fourth-order valence-electron chi connectivity index (χ4n) is 2.68.